The highest BCUT2D eigenvalue weighted by Gasteiger charge is 2.30. The van der Waals surface area contributed by atoms with Crippen molar-refractivity contribution in [3.63, 3.8) is 0 Å². The maximum Gasteiger partial charge on any atom is 0.0451 e. The van der Waals surface area contributed by atoms with Crippen molar-refractivity contribution >= 4 is 23.2 Å². The number of hydrogen-bond acceptors (Lipinski definition) is 4. The lowest BCUT2D eigenvalue weighted by atomic mass is 10.0. The minimum absolute atomic E-state index is 0.448. The highest BCUT2D eigenvalue weighted by atomic mass is 35.5. The second-order valence-electron chi connectivity index (χ2n) is 7.64. The molecule has 2 fully saturated rings. The molecule has 1 N–H and O–H groups in total. The third-order valence-electron chi connectivity index (χ3n) is 5.80. The van der Waals surface area contributed by atoms with E-state index in [2.05, 4.69) is 44.5 Å². The summed E-state index contributed by atoms with van der Waals surface area (Å²) in [5, 5.41) is 10.4. The molecule has 28 heavy (non-hydrogen) atoms. The fraction of sp³-hybridized carbons (Fsp3) is 0.455. The van der Waals surface area contributed by atoms with Gasteiger partial charge in [-0.05, 0) is 29.7 Å². The molecule has 0 radical (unpaired) electrons. The zero-order chi connectivity index (χ0) is 19.3. The SMILES string of the molecule is Clc1ccccc1CC1CNCCN1N1CCN(Cc2ccccc2Cl)CC1. The van der Waals surface area contributed by atoms with Crippen LogP contribution in [0, 0.1) is 0 Å². The molecule has 0 bridgehead atoms. The van der Waals surface area contributed by atoms with Crippen LogP contribution in [0.1, 0.15) is 11.1 Å². The Kier molecular flexibility index (Phi) is 6.89. The van der Waals surface area contributed by atoms with Gasteiger partial charge in [-0.1, -0.05) is 59.6 Å². The second-order valence-corrected chi connectivity index (χ2v) is 8.45. The Bertz CT molecular complexity index is 777. The molecule has 0 saturated carbocycles. The largest absolute Gasteiger partial charge is 0.314 e. The topological polar surface area (TPSA) is 21.8 Å². The highest BCUT2D eigenvalue weighted by Crippen LogP contribution is 2.22. The summed E-state index contributed by atoms with van der Waals surface area (Å²) < 4.78 is 0. The van der Waals surface area contributed by atoms with Crippen molar-refractivity contribution in [3.05, 3.63) is 69.7 Å². The zero-order valence-electron chi connectivity index (χ0n) is 16.2. The van der Waals surface area contributed by atoms with Gasteiger partial charge in [0.15, 0.2) is 0 Å². The van der Waals surface area contributed by atoms with Gasteiger partial charge in [-0.3, -0.25) is 4.90 Å². The normalized spacial score (nSPS) is 22.4. The van der Waals surface area contributed by atoms with Crippen molar-refractivity contribution in [1.82, 2.24) is 20.2 Å². The van der Waals surface area contributed by atoms with Crippen LogP contribution in [0.3, 0.4) is 0 Å². The Labute approximate surface area is 178 Å². The quantitative estimate of drug-likeness (QED) is 0.800. The number of hydrogen-bond donors (Lipinski definition) is 1. The van der Waals surface area contributed by atoms with Crippen LogP contribution in [0.4, 0.5) is 0 Å². The van der Waals surface area contributed by atoms with E-state index < -0.39 is 0 Å². The second kappa shape index (κ2) is 9.57. The predicted octanol–water partition coefficient (Wildman–Crippen LogP) is 3.54. The van der Waals surface area contributed by atoms with Crippen LogP contribution >= 0.6 is 23.2 Å². The molecular weight excluding hydrogens is 391 g/mol. The van der Waals surface area contributed by atoms with Crippen LogP contribution in [0.25, 0.3) is 0 Å². The number of benzene rings is 2. The number of rotatable bonds is 5. The third kappa shape index (κ3) is 4.88. The minimum Gasteiger partial charge on any atom is -0.314 e. The van der Waals surface area contributed by atoms with Gasteiger partial charge in [-0.2, -0.15) is 0 Å². The summed E-state index contributed by atoms with van der Waals surface area (Å²) >= 11 is 12.8. The lowest BCUT2D eigenvalue weighted by molar-refractivity contribution is -0.0958. The van der Waals surface area contributed by atoms with E-state index in [0.29, 0.717) is 6.04 Å². The Hall–Kier alpha value is -1.14. The molecule has 2 aromatic rings. The molecule has 4 nitrogen and oxygen atoms in total. The van der Waals surface area contributed by atoms with Crippen LogP contribution in [0.2, 0.25) is 10.0 Å². The van der Waals surface area contributed by atoms with Gasteiger partial charge in [0.1, 0.15) is 0 Å². The maximum absolute atomic E-state index is 6.42. The highest BCUT2D eigenvalue weighted by molar-refractivity contribution is 6.31. The summed E-state index contributed by atoms with van der Waals surface area (Å²) in [6.45, 7) is 8.27. The van der Waals surface area contributed by atoms with Crippen molar-refractivity contribution < 1.29 is 0 Å². The minimum atomic E-state index is 0.448. The van der Waals surface area contributed by atoms with Gasteiger partial charge in [0, 0.05) is 68.4 Å². The lowest BCUT2D eigenvalue weighted by Gasteiger charge is -2.47. The number of nitrogens with one attached hydrogen (secondary N) is 1. The number of halogens is 2. The lowest BCUT2D eigenvalue weighted by Crippen LogP contribution is -2.62. The van der Waals surface area contributed by atoms with Gasteiger partial charge in [-0.25, -0.2) is 10.0 Å². The van der Waals surface area contributed by atoms with E-state index in [1.807, 2.05) is 24.3 Å². The fourth-order valence-corrected chi connectivity index (χ4v) is 4.65. The van der Waals surface area contributed by atoms with E-state index in [4.69, 9.17) is 23.2 Å². The molecule has 1 atom stereocenters. The van der Waals surface area contributed by atoms with Crippen LogP contribution in [-0.4, -0.2) is 66.8 Å². The molecular formula is C22H28Cl2N4. The Morgan fingerprint density at radius 1 is 0.821 bits per heavy atom. The van der Waals surface area contributed by atoms with Gasteiger partial charge in [0.25, 0.3) is 0 Å². The Morgan fingerprint density at radius 2 is 1.46 bits per heavy atom. The predicted molar refractivity (Wildman–Crippen MR) is 117 cm³/mol. The van der Waals surface area contributed by atoms with E-state index in [1.54, 1.807) is 0 Å². The number of hydrazine groups is 1. The summed E-state index contributed by atoms with van der Waals surface area (Å²) in [5.41, 5.74) is 2.46. The number of nitrogens with zero attached hydrogens (tertiary/aromatic N) is 3. The summed E-state index contributed by atoms with van der Waals surface area (Å²) in [4.78, 5) is 2.50. The van der Waals surface area contributed by atoms with Crippen molar-refractivity contribution in [2.45, 2.75) is 19.0 Å². The molecule has 2 heterocycles. The van der Waals surface area contributed by atoms with E-state index in [-0.39, 0.29) is 0 Å². The molecule has 0 aliphatic carbocycles. The van der Waals surface area contributed by atoms with E-state index >= 15 is 0 Å². The van der Waals surface area contributed by atoms with Crippen LogP contribution in [0.15, 0.2) is 48.5 Å². The van der Waals surface area contributed by atoms with Gasteiger partial charge >= 0.3 is 0 Å². The summed E-state index contributed by atoms with van der Waals surface area (Å²) in [6, 6.07) is 16.8. The molecule has 2 aromatic carbocycles. The van der Waals surface area contributed by atoms with E-state index in [0.717, 1.165) is 68.8 Å². The first-order chi connectivity index (χ1) is 13.7. The summed E-state index contributed by atoms with van der Waals surface area (Å²) in [7, 11) is 0. The first kappa shape index (κ1) is 20.1. The molecule has 0 spiro atoms. The van der Waals surface area contributed by atoms with Crippen LogP contribution < -0.4 is 5.32 Å². The first-order valence-electron chi connectivity index (χ1n) is 10.1. The summed E-state index contributed by atoms with van der Waals surface area (Å²) in [5.74, 6) is 0. The third-order valence-corrected chi connectivity index (χ3v) is 6.53. The smallest absolute Gasteiger partial charge is 0.0451 e. The molecule has 0 aromatic heterocycles. The van der Waals surface area contributed by atoms with Crippen molar-refractivity contribution in [3.8, 4) is 0 Å². The van der Waals surface area contributed by atoms with E-state index in [1.165, 1.54) is 11.1 Å². The molecule has 1 unspecified atom stereocenters. The average molecular weight is 419 g/mol. The monoisotopic (exact) mass is 418 g/mol. The maximum atomic E-state index is 6.42. The Morgan fingerprint density at radius 3 is 2.14 bits per heavy atom. The molecule has 6 heteroatoms. The molecule has 0 amide bonds. The molecule has 4 rings (SSSR count). The van der Waals surface area contributed by atoms with Crippen LogP contribution in [-0.2, 0) is 13.0 Å². The molecule has 2 saturated heterocycles. The summed E-state index contributed by atoms with van der Waals surface area (Å²) in [6.07, 6.45) is 0.979. The fourth-order valence-electron chi connectivity index (χ4n) is 4.24. The van der Waals surface area contributed by atoms with Crippen molar-refractivity contribution in [1.29, 1.82) is 0 Å². The van der Waals surface area contributed by atoms with Gasteiger partial charge in [-0.15, -0.1) is 0 Å². The number of piperazine rings is 2. The molecule has 150 valence electrons. The van der Waals surface area contributed by atoms with Gasteiger partial charge < -0.3 is 5.32 Å². The molecule has 2 aliphatic rings. The zero-order valence-corrected chi connectivity index (χ0v) is 17.7. The standard InChI is InChI=1S/C22H28Cl2N4/c23-21-7-3-1-5-18(21)15-20-16-25-9-10-28(20)27-13-11-26(12-14-27)17-19-6-2-4-8-22(19)24/h1-8,20,25H,9-17H2. The van der Waals surface area contributed by atoms with Crippen molar-refractivity contribution in [2.24, 2.45) is 0 Å². The van der Waals surface area contributed by atoms with Gasteiger partial charge in [0.2, 0.25) is 0 Å². The van der Waals surface area contributed by atoms with E-state index in [9.17, 15) is 0 Å². The Balaban J connectivity index is 1.36. The molecule has 2 aliphatic heterocycles. The first-order valence-corrected chi connectivity index (χ1v) is 10.9. The van der Waals surface area contributed by atoms with Crippen molar-refractivity contribution in [2.75, 3.05) is 45.8 Å². The van der Waals surface area contributed by atoms with Crippen LogP contribution in [0.5, 0.6) is 0 Å². The van der Waals surface area contributed by atoms with Gasteiger partial charge in [0.05, 0.1) is 0 Å². The average Bonchev–Trinajstić information content (AvgIpc) is 2.73.